The van der Waals surface area contributed by atoms with E-state index in [1.165, 1.54) is 18.2 Å². The number of rotatable bonds is 6. The maximum Gasteiger partial charge on any atom is 0.233 e. The normalized spacial score (nSPS) is 19.0. The van der Waals surface area contributed by atoms with E-state index in [2.05, 4.69) is 24.0 Å². The van der Waals surface area contributed by atoms with E-state index in [4.69, 9.17) is 5.73 Å². The van der Waals surface area contributed by atoms with Crippen molar-refractivity contribution in [1.29, 1.82) is 0 Å². The minimum absolute atomic E-state index is 0.201. The summed E-state index contributed by atoms with van der Waals surface area (Å²) in [5.41, 5.74) is 5.68. The van der Waals surface area contributed by atoms with Crippen molar-refractivity contribution in [3.63, 3.8) is 0 Å². The van der Waals surface area contributed by atoms with Crippen molar-refractivity contribution in [3.05, 3.63) is 5.82 Å². The fourth-order valence-corrected chi connectivity index (χ4v) is 3.57. The summed E-state index contributed by atoms with van der Waals surface area (Å²) in [4.78, 5) is 14.4. The summed E-state index contributed by atoms with van der Waals surface area (Å²) in [6.45, 7) is 6.35. The molecule has 2 heterocycles. The zero-order valence-corrected chi connectivity index (χ0v) is 13.7. The number of carbonyl (C=O) groups excluding carboxylic acids is 1. The monoisotopic (exact) mass is 311 g/mol. The first-order chi connectivity index (χ1) is 10.2. The second-order valence-corrected chi connectivity index (χ2v) is 6.42. The molecular weight excluding hydrogens is 286 g/mol. The SMILES string of the molecule is CCCn1c(CN)nnc1SCC(=O)N1CCCCC1C. The van der Waals surface area contributed by atoms with Crippen molar-refractivity contribution in [2.45, 2.75) is 63.8 Å². The molecule has 7 heteroatoms. The number of nitrogens with zero attached hydrogens (tertiary/aromatic N) is 4. The maximum atomic E-state index is 12.4. The minimum atomic E-state index is 0.201. The highest BCUT2D eigenvalue weighted by Crippen LogP contribution is 2.21. The lowest BCUT2D eigenvalue weighted by Crippen LogP contribution is -2.43. The van der Waals surface area contributed by atoms with Crippen LogP contribution in [0, 0.1) is 0 Å². The molecule has 0 saturated carbocycles. The van der Waals surface area contributed by atoms with Gasteiger partial charge in [0.2, 0.25) is 5.91 Å². The van der Waals surface area contributed by atoms with Crippen LogP contribution in [0.25, 0.3) is 0 Å². The molecule has 21 heavy (non-hydrogen) atoms. The van der Waals surface area contributed by atoms with Gasteiger partial charge in [-0.3, -0.25) is 4.79 Å². The number of nitrogens with two attached hydrogens (primary N) is 1. The first kappa shape index (κ1) is 16.3. The van der Waals surface area contributed by atoms with Crippen LogP contribution in [0.2, 0.25) is 0 Å². The third kappa shape index (κ3) is 3.97. The third-order valence-electron chi connectivity index (χ3n) is 3.87. The molecule has 1 aromatic rings. The Kier molecular flexibility index (Phi) is 6.05. The van der Waals surface area contributed by atoms with E-state index in [9.17, 15) is 4.79 Å². The van der Waals surface area contributed by atoms with Crippen LogP contribution in [-0.2, 0) is 17.9 Å². The molecule has 6 nitrogen and oxygen atoms in total. The van der Waals surface area contributed by atoms with Gasteiger partial charge in [0, 0.05) is 19.1 Å². The molecule has 0 aliphatic carbocycles. The van der Waals surface area contributed by atoms with Gasteiger partial charge in [0.1, 0.15) is 5.82 Å². The quantitative estimate of drug-likeness (QED) is 0.808. The third-order valence-corrected chi connectivity index (χ3v) is 4.82. The smallest absolute Gasteiger partial charge is 0.233 e. The predicted molar refractivity (Wildman–Crippen MR) is 84.0 cm³/mol. The van der Waals surface area contributed by atoms with Gasteiger partial charge in [0.25, 0.3) is 0 Å². The Morgan fingerprint density at radius 3 is 2.90 bits per heavy atom. The Balaban J connectivity index is 1.96. The number of thioether (sulfide) groups is 1. The molecule has 1 aromatic heterocycles. The molecule has 0 spiro atoms. The van der Waals surface area contributed by atoms with Crippen molar-refractivity contribution >= 4 is 17.7 Å². The lowest BCUT2D eigenvalue weighted by Gasteiger charge is -2.33. The zero-order valence-electron chi connectivity index (χ0n) is 12.9. The highest BCUT2D eigenvalue weighted by Gasteiger charge is 2.23. The van der Waals surface area contributed by atoms with Crippen molar-refractivity contribution in [3.8, 4) is 0 Å². The average molecular weight is 311 g/mol. The van der Waals surface area contributed by atoms with Crippen molar-refractivity contribution in [2.75, 3.05) is 12.3 Å². The Labute approximate surface area is 130 Å². The number of aromatic nitrogens is 3. The van der Waals surface area contributed by atoms with Gasteiger partial charge in [-0.25, -0.2) is 0 Å². The number of amides is 1. The molecular formula is C14H25N5OS. The number of hydrogen-bond acceptors (Lipinski definition) is 5. The van der Waals surface area contributed by atoms with Crippen LogP contribution in [0.1, 0.15) is 45.4 Å². The van der Waals surface area contributed by atoms with Gasteiger partial charge in [0.15, 0.2) is 5.16 Å². The van der Waals surface area contributed by atoms with Crippen LogP contribution in [0.3, 0.4) is 0 Å². The molecule has 1 unspecified atom stereocenters. The fraction of sp³-hybridized carbons (Fsp3) is 0.786. The van der Waals surface area contributed by atoms with Crippen LogP contribution >= 0.6 is 11.8 Å². The highest BCUT2D eigenvalue weighted by atomic mass is 32.2. The van der Waals surface area contributed by atoms with E-state index in [0.717, 1.165) is 43.3 Å². The molecule has 0 aromatic carbocycles. The molecule has 1 fully saturated rings. The van der Waals surface area contributed by atoms with Crippen LogP contribution in [0.15, 0.2) is 5.16 Å². The van der Waals surface area contributed by atoms with Gasteiger partial charge in [-0.15, -0.1) is 10.2 Å². The van der Waals surface area contributed by atoms with Crippen LogP contribution in [0.5, 0.6) is 0 Å². The summed E-state index contributed by atoms with van der Waals surface area (Å²) in [5.74, 6) is 1.42. The van der Waals surface area contributed by atoms with Gasteiger partial charge in [0.05, 0.1) is 12.3 Å². The van der Waals surface area contributed by atoms with E-state index < -0.39 is 0 Å². The minimum Gasteiger partial charge on any atom is -0.339 e. The zero-order chi connectivity index (χ0) is 15.2. The van der Waals surface area contributed by atoms with E-state index in [0.29, 0.717) is 18.3 Å². The topological polar surface area (TPSA) is 77.0 Å². The Hall–Kier alpha value is -1.08. The van der Waals surface area contributed by atoms with Gasteiger partial charge in [-0.05, 0) is 32.6 Å². The predicted octanol–water partition coefficient (Wildman–Crippen LogP) is 1.64. The van der Waals surface area contributed by atoms with Crippen LogP contribution in [0.4, 0.5) is 0 Å². The Morgan fingerprint density at radius 1 is 1.43 bits per heavy atom. The number of likely N-dealkylation sites (tertiary alicyclic amines) is 1. The molecule has 118 valence electrons. The summed E-state index contributed by atoms with van der Waals surface area (Å²) in [6.07, 6.45) is 4.45. The standard InChI is InChI=1S/C14H25N5OS/c1-3-7-19-12(9-15)16-17-14(19)21-10-13(20)18-8-5-4-6-11(18)2/h11H,3-10,15H2,1-2H3. The molecule has 1 aliphatic rings. The van der Waals surface area contributed by atoms with Crippen LogP contribution < -0.4 is 5.73 Å². The Morgan fingerprint density at radius 2 is 2.24 bits per heavy atom. The van der Waals surface area contributed by atoms with Gasteiger partial charge < -0.3 is 15.2 Å². The second-order valence-electron chi connectivity index (χ2n) is 5.48. The van der Waals surface area contributed by atoms with Crippen molar-refractivity contribution in [2.24, 2.45) is 5.73 Å². The van der Waals surface area contributed by atoms with E-state index in [1.54, 1.807) is 0 Å². The molecule has 1 aliphatic heterocycles. The lowest BCUT2D eigenvalue weighted by atomic mass is 10.0. The molecule has 2 rings (SSSR count). The molecule has 2 N–H and O–H groups in total. The largest absolute Gasteiger partial charge is 0.339 e. The highest BCUT2D eigenvalue weighted by molar-refractivity contribution is 7.99. The first-order valence-corrected chi connectivity index (χ1v) is 8.70. The molecule has 1 atom stereocenters. The first-order valence-electron chi connectivity index (χ1n) is 7.71. The van der Waals surface area contributed by atoms with Gasteiger partial charge >= 0.3 is 0 Å². The van der Waals surface area contributed by atoms with Crippen molar-refractivity contribution in [1.82, 2.24) is 19.7 Å². The number of piperidine rings is 1. The van der Waals surface area contributed by atoms with E-state index in [1.807, 2.05) is 9.47 Å². The lowest BCUT2D eigenvalue weighted by molar-refractivity contribution is -0.131. The van der Waals surface area contributed by atoms with E-state index >= 15 is 0 Å². The number of hydrogen-bond donors (Lipinski definition) is 1. The average Bonchev–Trinajstić information content (AvgIpc) is 2.88. The maximum absolute atomic E-state index is 12.4. The fourth-order valence-electron chi connectivity index (χ4n) is 2.70. The summed E-state index contributed by atoms with van der Waals surface area (Å²) >= 11 is 1.47. The number of carbonyl (C=O) groups is 1. The summed E-state index contributed by atoms with van der Waals surface area (Å²) in [7, 11) is 0. The second kappa shape index (κ2) is 7.79. The molecule has 0 bridgehead atoms. The molecule has 1 saturated heterocycles. The van der Waals surface area contributed by atoms with Crippen LogP contribution in [-0.4, -0.2) is 43.9 Å². The summed E-state index contributed by atoms with van der Waals surface area (Å²) < 4.78 is 2.03. The molecule has 1 amide bonds. The molecule has 0 radical (unpaired) electrons. The summed E-state index contributed by atoms with van der Waals surface area (Å²) in [5, 5.41) is 9.07. The van der Waals surface area contributed by atoms with E-state index in [-0.39, 0.29) is 5.91 Å². The van der Waals surface area contributed by atoms with Crippen molar-refractivity contribution < 1.29 is 4.79 Å². The van der Waals surface area contributed by atoms with Gasteiger partial charge in [-0.1, -0.05) is 18.7 Å². The summed E-state index contributed by atoms with van der Waals surface area (Å²) in [6, 6.07) is 0.361. The van der Waals surface area contributed by atoms with Gasteiger partial charge in [-0.2, -0.15) is 0 Å². The Bertz CT molecular complexity index is 476.